The molecule has 7 N–H and O–H groups in total. The van der Waals surface area contributed by atoms with Crippen molar-refractivity contribution in [2.24, 2.45) is 0 Å². The summed E-state index contributed by atoms with van der Waals surface area (Å²) in [5.41, 5.74) is 0. The Labute approximate surface area is 126 Å². The van der Waals surface area contributed by atoms with Crippen LogP contribution >= 0.6 is 0 Å². The molecule has 0 bridgehead atoms. The molecular formula is C12H22O10. The maximum atomic E-state index is 10.5. The summed E-state index contributed by atoms with van der Waals surface area (Å²) in [7, 11) is 0. The summed E-state index contributed by atoms with van der Waals surface area (Å²) in [6.45, 7) is 0.527. The Morgan fingerprint density at radius 3 is 2.18 bits per heavy atom. The third-order valence-electron chi connectivity index (χ3n) is 3.44. The normalized spacial score (nSPS) is 38.1. The monoisotopic (exact) mass is 326 g/mol. The van der Waals surface area contributed by atoms with Gasteiger partial charge in [-0.25, -0.2) is 0 Å². The van der Waals surface area contributed by atoms with Crippen molar-refractivity contribution < 1.29 is 50.0 Å². The largest absolute Gasteiger partial charge is 0.394 e. The van der Waals surface area contributed by atoms with Gasteiger partial charge in [0.2, 0.25) is 0 Å². The van der Waals surface area contributed by atoms with Gasteiger partial charge in [-0.2, -0.15) is 0 Å². The zero-order chi connectivity index (χ0) is 17.0. The van der Waals surface area contributed by atoms with E-state index in [1.165, 1.54) is 6.92 Å². The molecule has 1 heterocycles. The molecule has 0 aliphatic carbocycles. The predicted molar refractivity (Wildman–Crippen MR) is 68.4 cm³/mol. The summed E-state index contributed by atoms with van der Waals surface area (Å²) >= 11 is 0. The summed E-state index contributed by atoms with van der Waals surface area (Å²) in [5, 5.41) is 66.7. The Bertz CT molecular complexity index is 349. The van der Waals surface area contributed by atoms with Gasteiger partial charge in [0.05, 0.1) is 12.7 Å². The zero-order valence-corrected chi connectivity index (χ0v) is 11.8. The van der Waals surface area contributed by atoms with Gasteiger partial charge in [-0.1, -0.05) is 0 Å². The molecule has 0 saturated carbocycles. The van der Waals surface area contributed by atoms with E-state index in [0.717, 1.165) is 0 Å². The highest BCUT2D eigenvalue weighted by Crippen LogP contribution is 2.24. The minimum Gasteiger partial charge on any atom is -0.394 e. The van der Waals surface area contributed by atoms with Crippen molar-refractivity contribution in [2.75, 3.05) is 6.61 Å². The molecular weight excluding hydrogens is 304 g/mol. The molecule has 0 aromatic carbocycles. The molecule has 130 valence electrons. The number of aldehydes is 1. The Kier molecular flexibility index (Phi) is 7.25. The fraction of sp³-hybridized carbons (Fsp3) is 0.917. The van der Waals surface area contributed by atoms with Crippen LogP contribution in [0, 0.1) is 0 Å². The number of hydrogen-bond donors (Lipinski definition) is 7. The van der Waals surface area contributed by atoms with Gasteiger partial charge in [-0.05, 0) is 6.92 Å². The lowest BCUT2D eigenvalue weighted by atomic mass is 9.98. The number of rotatable bonds is 7. The van der Waals surface area contributed by atoms with Crippen LogP contribution in [-0.2, 0) is 14.3 Å². The molecule has 0 spiro atoms. The van der Waals surface area contributed by atoms with Crippen LogP contribution in [0.2, 0.25) is 0 Å². The molecule has 9 atom stereocenters. The third-order valence-corrected chi connectivity index (χ3v) is 3.44. The van der Waals surface area contributed by atoms with E-state index in [9.17, 15) is 35.4 Å². The van der Waals surface area contributed by atoms with Crippen LogP contribution in [0.4, 0.5) is 0 Å². The van der Waals surface area contributed by atoms with E-state index >= 15 is 0 Å². The summed E-state index contributed by atoms with van der Waals surface area (Å²) in [5.74, 6) is 0. The van der Waals surface area contributed by atoms with Crippen molar-refractivity contribution in [3.63, 3.8) is 0 Å². The molecule has 22 heavy (non-hydrogen) atoms. The maximum absolute atomic E-state index is 10.5. The van der Waals surface area contributed by atoms with Gasteiger partial charge in [0.15, 0.2) is 12.6 Å². The number of ether oxygens (including phenoxy) is 2. The Balaban J connectivity index is 2.85. The Morgan fingerprint density at radius 1 is 1.14 bits per heavy atom. The van der Waals surface area contributed by atoms with E-state index in [4.69, 9.17) is 14.6 Å². The van der Waals surface area contributed by atoms with Crippen molar-refractivity contribution >= 4 is 6.29 Å². The molecule has 1 saturated heterocycles. The van der Waals surface area contributed by atoms with Gasteiger partial charge in [0, 0.05) is 0 Å². The van der Waals surface area contributed by atoms with Gasteiger partial charge in [0.1, 0.15) is 42.7 Å². The minimum absolute atomic E-state index is 0.0384. The molecule has 1 fully saturated rings. The number of aliphatic hydroxyl groups is 7. The highest BCUT2D eigenvalue weighted by molar-refractivity contribution is 5.56. The van der Waals surface area contributed by atoms with Crippen molar-refractivity contribution in [1.82, 2.24) is 0 Å². The number of aliphatic hydroxyl groups excluding tert-OH is 7. The molecule has 1 rings (SSSR count). The van der Waals surface area contributed by atoms with Crippen LogP contribution in [-0.4, -0.2) is 104 Å². The Morgan fingerprint density at radius 2 is 1.73 bits per heavy atom. The number of carbonyl (C=O) groups excluding carboxylic acids is 1. The minimum atomic E-state index is -1.84. The molecule has 0 unspecified atom stereocenters. The van der Waals surface area contributed by atoms with E-state index < -0.39 is 61.7 Å². The molecule has 1 aliphatic rings. The number of hydrogen-bond acceptors (Lipinski definition) is 10. The van der Waals surface area contributed by atoms with Gasteiger partial charge in [0.25, 0.3) is 0 Å². The topological polar surface area (TPSA) is 177 Å². The maximum Gasteiger partial charge on any atom is 0.187 e. The van der Waals surface area contributed by atoms with Crippen molar-refractivity contribution in [3.05, 3.63) is 0 Å². The summed E-state index contributed by atoms with van der Waals surface area (Å²) in [6, 6.07) is 0. The SMILES string of the molecule is C[C@H](O)[C@H](O[C@@H]1O[C@H](CO)[C@@H](O)[C@H](O)[C@@H]1O)[C@@H](O)[C@@H](O)C=O. The van der Waals surface area contributed by atoms with Crippen molar-refractivity contribution in [3.8, 4) is 0 Å². The summed E-state index contributed by atoms with van der Waals surface area (Å²) in [6.07, 6.45) is -14.4. The van der Waals surface area contributed by atoms with Crippen LogP contribution < -0.4 is 0 Å². The van der Waals surface area contributed by atoms with E-state index in [2.05, 4.69) is 0 Å². The predicted octanol–water partition coefficient (Wildman–Crippen LogP) is -4.53. The third kappa shape index (κ3) is 4.19. The second kappa shape index (κ2) is 8.24. The van der Waals surface area contributed by atoms with Crippen LogP contribution in [0.25, 0.3) is 0 Å². The summed E-state index contributed by atoms with van der Waals surface area (Å²) in [4.78, 5) is 10.5. The first kappa shape index (κ1) is 19.4. The standard InChI is InChI=1S/C12H22O10/c1-4(15)11(7(17)5(16)2-13)22-12-10(20)9(19)8(18)6(3-14)21-12/h2,4-12,14-20H,3H2,1H3/t4-,5-,6+,7-,8+,9-,10-,11-,12-/m0/s1. The van der Waals surface area contributed by atoms with Gasteiger partial charge in [-0.3, -0.25) is 0 Å². The fourth-order valence-corrected chi connectivity index (χ4v) is 2.09. The first-order valence-electron chi connectivity index (χ1n) is 6.70. The quantitative estimate of drug-likeness (QED) is 0.225. The van der Waals surface area contributed by atoms with Gasteiger partial charge < -0.3 is 50.0 Å². The van der Waals surface area contributed by atoms with Crippen molar-refractivity contribution in [1.29, 1.82) is 0 Å². The molecule has 0 aromatic rings. The van der Waals surface area contributed by atoms with Gasteiger partial charge in [-0.15, -0.1) is 0 Å². The van der Waals surface area contributed by atoms with E-state index in [0.29, 0.717) is 0 Å². The Hall–Kier alpha value is -0.690. The molecule has 0 amide bonds. The van der Waals surface area contributed by atoms with Crippen LogP contribution in [0.1, 0.15) is 6.92 Å². The second-order valence-corrected chi connectivity index (χ2v) is 5.16. The molecule has 1 aliphatic heterocycles. The van der Waals surface area contributed by atoms with Crippen LogP contribution in [0.5, 0.6) is 0 Å². The first-order chi connectivity index (χ1) is 10.2. The van der Waals surface area contributed by atoms with Crippen molar-refractivity contribution in [2.45, 2.75) is 62.0 Å². The van der Waals surface area contributed by atoms with E-state index in [1.807, 2.05) is 0 Å². The lowest BCUT2D eigenvalue weighted by Crippen LogP contribution is -2.61. The van der Waals surface area contributed by atoms with Crippen LogP contribution in [0.3, 0.4) is 0 Å². The fourth-order valence-electron chi connectivity index (χ4n) is 2.09. The summed E-state index contributed by atoms with van der Waals surface area (Å²) < 4.78 is 10.2. The lowest BCUT2D eigenvalue weighted by molar-refractivity contribution is -0.324. The van der Waals surface area contributed by atoms with Gasteiger partial charge >= 0.3 is 0 Å². The number of carbonyl (C=O) groups is 1. The van der Waals surface area contributed by atoms with E-state index in [1.54, 1.807) is 0 Å². The average Bonchev–Trinajstić information content (AvgIpc) is 2.50. The highest BCUT2D eigenvalue weighted by atomic mass is 16.7. The second-order valence-electron chi connectivity index (χ2n) is 5.16. The molecule has 0 aromatic heterocycles. The van der Waals surface area contributed by atoms with Crippen LogP contribution in [0.15, 0.2) is 0 Å². The smallest absolute Gasteiger partial charge is 0.187 e. The molecule has 0 radical (unpaired) electrons. The molecule has 10 heteroatoms. The average molecular weight is 326 g/mol. The first-order valence-corrected chi connectivity index (χ1v) is 6.70. The zero-order valence-electron chi connectivity index (χ0n) is 11.8. The molecule has 10 nitrogen and oxygen atoms in total. The van der Waals surface area contributed by atoms with E-state index in [-0.39, 0.29) is 6.29 Å². The highest BCUT2D eigenvalue weighted by Gasteiger charge is 2.46. The lowest BCUT2D eigenvalue weighted by Gasteiger charge is -2.41.